The fourth-order valence-corrected chi connectivity index (χ4v) is 2.07. The number of halogens is 1. The fourth-order valence-electron chi connectivity index (χ4n) is 1.78. The summed E-state index contributed by atoms with van der Waals surface area (Å²) in [5.74, 6) is 0.866. The van der Waals surface area contributed by atoms with Gasteiger partial charge < -0.3 is 10.6 Å². The second-order valence-corrected chi connectivity index (χ2v) is 4.38. The van der Waals surface area contributed by atoms with Crippen molar-refractivity contribution in [3.8, 4) is 0 Å². The molecule has 2 rings (SSSR count). The standard InChI is InChI=1S/C12H16ClN3/c1-8-4-3-5-10(11(8)13)9(2)16-12-14-6-7-15-12/h3-5,9H,6-7H2,1-2H3,(H2,14,15,16)/t9-/m1/s1. The van der Waals surface area contributed by atoms with Gasteiger partial charge in [-0.2, -0.15) is 0 Å². The van der Waals surface area contributed by atoms with E-state index in [4.69, 9.17) is 11.6 Å². The van der Waals surface area contributed by atoms with Crippen LogP contribution in [0.15, 0.2) is 23.2 Å². The van der Waals surface area contributed by atoms with Crippen molar-refractivity contribution in [1.29, 1.82) is 0 Å². The predicted octanol–water partition coefficient (Wildman–Crippen LogP) is 2.26. The van der Waals surface area contributed by atoms with Crippen LogP contribution in [0.4, 0.5) is 0 Å². The molecule has 86 valence electrons. The van der Waals surface area contributed by atoms with E-state index in [2.05, 4.69) is 22.5 Å². The van der Waals surface area contributed by atoms with E-state index in [0.717, 1.165) is 35.2 Å². The van der Waals surface area contributed by atoms with Crippen LogP contribution >= 0.6 is 11.6 Å². The number of rotatable bonds is 2. The van der Waals surface area contributed by atoms with Crippen LogP contribution in [0.1, 0.15) is 24.1 Å². The molecule has 1 aliphatic heterocycles. The van der Waals surface area contributed by atoms with Gasteiger partial charge in [0.25, 0.3) is 0 Å². The number of hydrogen-bond acceptors (Lipinski definition) is 3. The zero-order chi connectivity index (χ0) is 11.5. The minimum Gasteiger partial charge on any atom is -0.355 e. The van der Waals surface area contributed by atoms with Gasteiger partial charge in [0.2, 0.25) is 0 Å². The van der Waals surface area contributed by atoms with E-state index in [0.29, 0.717) is 0 Å². The molecule has 0 saturated heterocycles. The lowest BCUT2D eigenvalue weighted by atomic mass is 10.1. The topological polar surface area (TPSA) is 36.4 Å². The van der Waals surface area contributed by atoms with Crippen LogP contribution in [0, 0.1) is 6.92 Å². The summed E-state index contributed by atoms with van der Waals surface area (Å²) in [6.07, 6.45) is 0. The number of benzene rings is 1. The lowest BCUT2D eigenvalue weighted by molar-refractivity contribution is 0.702. The van der Waals surface area contributed by atoms with E-state index in [9.17, 15) is 0 Å². The Morgan fingerprint density at radius 3 is 3.00 bits per heavy atom. The maximum absolute atomic E-state index is 6.27. The number of aryl methyl sites for hydroxylation is 1. The van der Waals surface area contributed by atoms with Gasteiger partial charge in [0.05, 0.1) is 12.6 Å². The Bertz CT molecular complexity index is 415. The molecule has 0 aromatic heterocycles. The van der Waals surface area contributed by atoms with Gasteiger partial charge >= 0.3 is 0 Å². The van der Waals surface area contributed by atoms with Crippen molar-refractivity contribution in [3.63, 3.8) is 0 Å². The van der Waals surface area contributed by atoms with E-state index in [-0.39, 0.29) is 6.04 Å². The van der Waals surface area contributed by atoms with Crippen LogP contribution in [0.5, 0.6) is 0 Å². The first-order chi connectivity index (χ1) is 7.68. The molecule has 3 nitrogen and oxygen atoms in total. The van der Waals surface area contributed by atoms with Gasteiger partial charge in [-0.15, -0.1) is 0 Å². The molecule has 1 atom stereocenters. The monoisotopic (exact) mass is 237 g/mol. The third-order valence-corrected chi connectivity index (χ3v) is 3.23. The highest BCUT2D eigenvalue weighted by Crippen LogP contribution is 2.25. The minimum atomic E-state index is 0.164. The maximum Gasteiger partial charge on any atom is 0.191 e. The number of nitrogens with one attached hydrogen (secondary N) is 2. The molecule has 0 saturated carbocycles. The SMILES string of the molecule is Cc1cccc([C@@H](C)NC2=NCCN2)c1Cl. The average molecular weight is 238 g/mol. The molecule has 1 heterocycles. The molecule has 0 amide bonds. The molecule has 0 spiro atoms. The first-order valence-corrected chi connectivity index (χ1v) is 5.86. The number of nitrogens with zero attached hydrogens (tertiary/aromatic N) is 1. The summed E-state index contributed by atoms with van der Waals surface area (Å²) in [6.45, 7) is 5.86. The molecule has 1 aliphatic rings. The third-order valence-electron chi connectivity index (χ3n) is 2.72. The lowest BCUT2D eigenvalue weighted by Gasteiger charge is -2.17. The number of aliphatic imine (C=N–C) groups is 1. The van der Waals surface area contributed by atoms with Gasteiger partial charge in [0, 0.05) is 11.6 Å². The van der Waals surface area contributed by atoms with Gasteiger partial charge in [-0.05, 0) is 25.0 Å². The summed E-state index contributed by atoms with van der Waals surface area (Å²) in [5.41, 5.74) is 2.22. The highest BCUT2D eigenvalue weighted by atomic mass is 35.5. The zero-order valence-corrected chi connectivity index (χ0v) is 10.3. The summed E-state index contributed by atoms with van der Waals surface area (Å²) in [7, 11) is 0. The molecule has 0 aliphatic carbocycles. The number of guanidine groups is 1. The Kier molecular flexibility index (Phi) is 3.34. The number of hydrogen-bond donors (Lipinski definition) is 2. The van der Waals surface area contributed by atoms with E-state index in [1.54, 1.807) is 0 Å². The van der Waals surface area contributed by atoms with Crippen molar-refractivity contribution in [2.45, 2.75) is 19.9 Å². The fraction of sp³-hybridized carbons (Fsp3) is 0.417. The summed E-state index contributed by atoms with van der Waals surface area (Å²) in [6, 6.07) is 6.25. The summed E-state index contributed by atoms with van der Waals surface area (Å²) in [4.78, 5) is 4.30. The van der Waals surface area contributed by atoms with E-state index >= 15 is 0 Å². The van der Waals surface area contributed by atoms with Crippen LogP contribution in [0.25, 0.3) is 0 Å². The molecular formula is C12H16ClN3. The van der Waals surface area contributed by atoms with Crippen molar-refractivity contribution in [3.05, 3.63) is 34.3 Å². The Morgan fingerprint density at radius 1 is 1.50 bits per heavy atom. The van der Waals surface area contributed by atoms with Crippen molar-refractivity contribution >= 4 is 17.6 Å². The highest BCUT2D eigenvalue weighted by Gasteiger charge is 2.13. The van der Waals surface area contributed by atoms with Gasteiger partial charge in [-0.25, -0.2) is 0 Å². The van der Waals surface area contributed by atoms with E-state index in [1.807, 2.05) is 25.1 Å². The summed E-state index contributed by atoms with van der Waals surface area (Å²) < 4.78 is 0. The molecule has 0 unspecified atom stereocenters. The van der Waals surface area contributed by atoms with Crippen LogP contribution in [-0.4, -0.2) is 19.0 Å². The first-order valence-electron chi connectivity index (χ1n) is 5.48. The Labute approximate surface area is 101 Å². The van der Waals surface area contributed by atoms with Gasteiger partial charge in [-0.1, -0.05) is 29.8 Å². The molecule has 4 heteroatoms. The quantitative estimate of drug-likeness (QED) is 0.828. The summed E-state index contributed by atoms with van der Waals surface area (Å²) in [5, 5.41) is 7.34. The van der Waals surface area contributed by atoms with Crippen LogP contribution in [-0.2, 0) is 0 Å². The molecule has 0 radical (unpaired) electrons. The second-order valence-electron chi connectivity index (χ2n) is 4.00. The van der Waals surface area contributed by atoms with E-state index in [1.165, 1.54) is 0 Å². The molecule has 1 aromatic carbocycles. The van der Waals surface area contributed by atoms with Crippen LogP contribution in [0.2, 0.25) is 5.02 Å². The van der Waals surface area contributed by atoms with E-state index < -0.39 is 0 Å². The average Bonchev–Trinajstić information content (AvgIpc) is 2.74. The highest BCUT2D eigenvalue weighted by molar-refractivity contribution is 6.32. The third kappa shape index (κ3) is 2.30. The largest absolute Gasteiger partial charge is 0.355 e. The predicted molar refractivity (Wildman–Crippen MR) is 68.0 cm³/mol. The Hall–Kier alpha value is -1.22. The molecule has 0 bridgehead atoms. The minimum absolute atomic E-state index is 0.164. The summed E-state index contributed by atoms with van der Waals surface area (Å²) >= 11 is 6.27. The van der Waals surface area contributed by atoms with Crippen LogP contribution < -0.4 is 10.6 Å². The van der Waals surface area contributed by atoms with Crippen molar-refractivity contribution in [2.75, 3.05) is 13.1 Å². The maximum atomic E-state index is 6.27. The van der Waals surface area contributed by atoms with Crippen LogP contribution in [0.3, 0.4) is 0 Å². The second kappa shape index (κ2) is 4.74. The smallest absolute Gasteiger partial charge is 0.191 e. The lowest BCUT2D eigenvalue weighted by Crippen LogP contribution is -2.35. The van der Waals surface area contributed by atoms with Gasteiger partial charge in [-0.3, -0.25) is 4.99 Å². The Balaban J connectivity index is 2.14. The zero-order valence-electron chi connectivity index (χ0n) is 9.55. The molecule has 16 heavy (non-hydrogen) atoms. The molecular weight excluding hydrogens is 222 g/mol. The first kappa shape index (κ1) is 11.3. The van der Waals surface area contributed by atoms with Crippen molar-refractivity contribution in [2.24, 2.45) is 4.99 Å². The molecule has 2 N–H and O–H groups in total. The van der Waals surface area contributed by atoms with Crippen molar-refractivity contribution in [1.82, 2.24) is 10.6 Å². The van der Waals surface area contributed by atoms with Crippen molar-refractivity contribution < 1.29 is 0 Å². The van der Waals surface area contributed by atoms with Gasteiger partial charge in [0.1, 0.15) is 0 Å². The Morgan fingerprint density at radius 2 is 2.31 bits per heavy atom. The van der Waals surface area contributed by atoms with Gasteiger partial charge in [0.15, 0.2) is 5.96 Å². The molecule has 1 aromatic rings. The molecule has 0 fully saturated rings. The normalized spacial score (nSPS) is 16.6.